The molecule has 3 nitrogen and oxygen atoms in total. The van der Waals surface area contributed by atoms with E-state index in [1.807, 2.05) is 6.07 Å². The van der Waals surface area contributed by atoms with Gasteiger partial charge in [-0.25, -0.2) is 4.98 Å². The standard InChI is InChI=1S/C24H23N3S/c1-2-7-21(8-3-1)23-18-28-24(25-23)27-14-12-26(13-15-27)17-19-10-11-20-6-4-5-9-22(20)16-19/h1-11,16,18H,12-15,17H2. The lowest BCUT2D eigenvalue weighted by Crippen LogP contribution is -2.45. The zero-order chi connectivity index (χ0) is 18.8. The lowest BCUT2D eigenvalue weighted by Gasteiger charge is -2.34. The van der Waals surface area contributed by atoms with Gasteiger partial charge in [-0.05, 0) is 22.4 Å². The van der Waals surface area contributed by atoms with Crippen LogP contribution in [-0.2, 0) is 6.54 Å². The fourth-order valence-electron chi connectivity index (χ4n) is 3.84. The van der Waals surface area contributed by atoms with Crippen molar-refractivity contribution in [2.75, 3.05) is 31.1 Å². The molecule has 0 N–H and O–H groups in total. The Morgan fingerprint density at radius 1 is 0.786 bits per heavy atom. The van der Waals surface area contributed by atoms with Crippen molar-refractivity contribution in [2.45, 2.75) is 6.54 Å². The van der Waals surface area contributed by atoms with Gasteiger partial charge in [-0.2, -0.15) is 0 Å². The second-order valence-corrected chi connectivity index (χ2v) is 8.16. The van der Waals surface area contributed by atoms with Gasteiger partial charge < -0.3 is 4.90 Å². The average molecular weight is 386 g/mol. The molecular weight excluding hydrogens is 362 g/mol. The summed E-state index contributed by atoms with van der Waals surface area (Å²) < 4.78 is 0. The van der Waals surface area contributed by atoms with Crippen molar-refractivity contribution in [1.82, 2.24) is 9.88 Å². The van der Waals surface area contributed by atoms with E-state index in [1.165, 1.54) is 21.9 Å². The molecule has 1 fully saturated rings. The molecule has 1 saturated heterocycles. The van der Waals surface area contributed by atoms with Gasteiger partial charge in [0.25, 0.3) is 0 Å². The van der Waals surface area contributed by atoms with E-state index in [-0.39, 0.29) is 0 Å². The molecule has 0 amide bonds. The first-order valence-electron chi connectivity index (χ1n) is 9.81. The molecule has 28 heavy (non-hydrogen) atoms. The number of anilines is 1. The summed E-state index contributed by atoms with van der Waals surface area (Å²) in [5, 5.41) is 5.96. The predicted molar refractivity (Wildman–Crippen MR) is 119 cm³/mol. The number of nitrogens with zero attached hydrogens (tertiary/aromatic N) is 3. The highest BCUT2D eigenvalue weighted by atomic mass is 32.1. The molecule has 4 heteroatoms. The van der Waals surface area contributed by atoms with Crippen LogP contribution in [0.3, 0.4) is 0 Å². The van der Waals surface area contributed by atoms with Crippen LogP contribution in [0.25, 0.3) is 22.0 Å². The second kappa shape index (κ2) is 7.74. The molecule has 5 rings (SSSR count). The lowest BCUT2D eigenvalue weighted by molar-refractivity contribution is 0.250. The number of rotatable bonds is 4. The maximum absolute atomic E-state index is 4.87. The molecule has 0 radical (unpaired) electrons. The number of aromatic nitrogens is 1. The van der Waals surface area contributed by atoms with Gasteiger partial charge in [0, 0.05) is 43.7 Å². The first kappa shape index (κ1) is 17.4. The first-order valence-corrected chi connectivity index (χ1v) is 10.7. The monoisotopic (exact) mass is 385 g/mol. The van der Waals surface area contributed by atoms with Gasteiger partial charge in [-0.1, -0.05) is 66.7 Å². The smallest absolute Gasteiger partial charge is 0.185 e. The fourth-order valence-corrected chi connectivity index (χ4v) is 4.73. The summed E-state index contributed by atoms with van der Waals surface area (Å²) in [5.74, 6) is 0. The van der Waals surface area contributed by atoms with Crippen LogP contribution in [0.5, 0.6) is 0 Å². The van der Waals surface area contributed by atoms with E-state index in [1.54, 1.807) is 11.3 Å². The normalized spacial score (nSPS) is 15.2. The van der Waals surface area contributed by atoms with Crippen LogP contribution in [0.4, 0.5) is 5.13 Å². The second-order valence-electron chi connectivity index (χ2n) is 7.33. The molecule has 140 valence electrons. The molecule has 1 aliphatic heterocycles. The Balaban J connectivity index is 1.22. The van der Waals surface area contributed by atoms with Crippen molar-refractivity contribution in [2.24, 2.45) is 0 Å². The van der Waals surface area contributed by atoms with Crippen LogP contribution in [0, 0.1) is 0 Å². The van der Waals surface area contributed by atoms with Gasteiger partial charge in [-0.15, -0.1) is 11.3 Å². The summed E-state index contributed by atoms with van der Waals surface area (Å²) in [5.41, 5.74) is 3.67. The summed E-state index contributed by atoms with van der Waals surface area (Å²) in [6.07, 6.45) is 0. The van der Waals surface area contributed by atoms with Crippen molar-refractivity contribution >= 4 is 27.2 Å². The van der Waals surface area contributed by atoms with Crippen molar-refractivity contribution in [3.05, 3.63) is 83.7 Å². The zero-order valence-electron chi connectivity index (χ0n) is 15.8. The van der Waals surface area contributed by atoms with Crippen LogP contribution in [-0.4, -0.2) is 36.1 Å². The largest absolute Gasteiger partial charge is 0.346 e. The Labute approximate surface area is 169 Å². The van der Waals surface area contributed by atoms with E-state index in [0.717, 1.165) is 43.5 Å². The van der Waals surface area contributed by atoms with E-state index in [4.69, 9.17) is 4.98 Å². The van der Waals surface area contributed by atoms with Gasteiger partial charge in [0.2, 0.25) is 0 Å². The highest BCUT2D eigenvalue weighted by molar-refractivity contribution is 7.14. The van der Waals surface area contributed by atoms with Crippen LogP contribution >= 0.6 is 11.3 Å². The predicted octanol–water partition coefficient (Wildman–Crippen LogP) is 5.29. The topological polar surface area (TPSA) is 19.4 Å². The van der Waals surface area contributed by atoms with Crippen molar-refractivity contribution in [1.29, 1.82) is 0 Å². The quantitative estimate of drug-likeness (QED) is 0.476. The number of thiazole rings is 1. The van der Waals surface area contributed by atoms with Crippen LogP contribution < -0.4 is 4.90 Å². The molecule has 0 atom stereocenters. The Kier molecular flexibility index (Phi) is 4.81. The molecule has 0 bridgehead atoms. The zero-order valence-corrected chi connectivity index (χ0v) is 16.6. The molecule has 0 saturated carbocycles. The third kappa shape index (κ3) is 3.66. The van der Waals surface area contributed by atoms with Gasteiger partial charge >= 0.3 is 0 Å². The van der Waals surface area contributed by atoms with E-state index < -0.39 is 0 Å². The lowest BCUT2D eigenvalue weighted by atomic mass is 10.1. The number of piperazine rings is 1. The van der Waals surface area contributed by atoms with Crippen molar-refractivity contribution < 1.29 is 0 Å². The van der Waals surface area contributed by atoms with E-state index in [0.29, 0.717) is 0 Å². The number of hydrogen-bond acceptors (Lipinski definition) is 4. The average Bonchev–Trinajstić information content (AvgIpc) is 3.25. The van der Waals surface area contributed by atoms with E-state index >= 15 is 0 Å². The summed E-state index contributed by atoms with van der Waals surface area (Å²) in [6, 6.07) is 25.9. The van der Waals surface area contributed by atoms with E-state index in [2.05, 4.69) is 81.9 Å². The van der Waals surface area contributed by atoms with Gasteiger partial charge in [0.1, 0.15) is 0 Å². The van der Waals surface area contributed by atoms with E-state index in [9.17, 15) is 0 Å². The molecular formula is C24H23N3S. The third-order valence-electron chi connectivity index (χ3n) is 5.42. The molecule has 2 heterocycles. The minimum Gasteiger partial charge on any atom is -0.346 e. The molecule has 1 aromatic heterocycles. The highest BCUT2D eigenvalue weighted by Crippen LogP contribution is 2.28. The molecule has 0 spiro atoms. The fraction of sp³-hybridized carbons (Fsp3) is 0.208. The van der Waals surface area contributed by atoms with Crippen LogP contribution in [0.1, 0.15) is 5.56 Å². The van der Waals surface area contributed by atoms with Gasteiger partial charge in [0.05, 0.1) is 5.69 Å². The molecule has 1 aliphatic rings. The Hall–Kier alpha value is -2.69. The molecule has 0 unspecified atom stereocenters. The minimum atomic E-state index is 1.02. The maximum atomic E-state index is 4.87. The first-order chi connectivity index (χ1) is 13.8. The molecule has 4 aromatic rings. The van der Waals surface area contributed by atoms with Crippen molar-refractivity contribution in [3.8, 4) is 11.3 Å². The summed E-state index contributed by atoms with van der Waals surface area (Å²) >= 11 is 1.75. The number of fused-ring (bicyclic) bond motifs is 1. The Bertz CT molecular complexity index is 1070. The summed E-state index contributed by atoms with van der Waals surface area (Å²) in [6.45, 7) is 5.25. The van der Waals surface area contributed by atoms with Crippen molar-refractivity contribution in [3.63, 3.8) is 0 Å². The third-order valence-corrected chi connectivity index (χ3v) is 6.33. The highest BCUT2D eigenvalue weighted by Gasteiger charge is 2.19. The Morgan fingerprint density at radius 2 is 1.54 bits per heavy atom. The maximum Gasteiger partial charge on any atom is 0.185 e. The summed E-state index contributed by atoms with van der Waals surface area (Å²) in [4.78, 5) is 9.85. The van der Waals surface area contributed by atoms with Crippen LogP contribution in [0.15, 0.2) is 78.2 Å². The van der Waals surface area contributed by atoms with Gasteiger partial charge in [-0.3, -0.25) is 4.90 Å². The minimum absolute atomic E-state index is 1.02. The summed E-state index contributed by atoms with van der Waals surface area (Å²) in [7, 11) is 0. The molecule has 3 aromatic carbocycles. The SMILES string of the molecule is c1ccc(-c2csc(N3CCN(Cc4ccc5ccccc5c4)CC3)n2)cc1. The number of hydrogen-bond donors (Lipinski definition) is 0. The Morgan fingerprint density at radius 3 is 2.36 bits per heavy atom. The number of benzene rings is 3. The van der Waals surface area contributed by atoms with Gasteiger partial charge in [0.15, 0.2) is 5.13 Å². The molecule has 0 aliphatic carbocycles. The van der Waals surface area contributed by atoms with Crippen LogP contribution in [0.2, 0.25) is 0 Å².